The summed E-state index contributed by atoms with van der Waals surface area (Å²) in [5.41, 5.74) is 4.89. The number of benzene rings is 2. The molecule has 1 aromatic heterocycles. The van der Waals surface area contributed by atoms with E-state index in [1.54, 1.807) is 37.3 Å². The van der Waals surface area contributed by atoms with Crippen LogP contribution in [0.5, 0.6) is 0 Å². The highest BCUT2D eigenvalue weighted by molar-refractivity contribution is 6.03. The molecule has 0 aliphatic heterocycles. The molecule has 7 nitrogen and oxygen atoms in total. The molecule has 0 atom stereocenters. The van der Waals surface area contributed by atoms with E-state index in [4.69, 9.17) is 0 Å². The number of hydrogen-bond donors (Lipinski definition) is 2. The van der Waals surface area contributed by atoms with E-state index in [-0.39, 0.29) is 11.6 Å². The van der Waals surface area contributed by atoms with Crippen LogP contribution in [0, 0.1) is 20.8 Å². The lowest BCUT2D eigenvalue weighted by atomic mass is 10.1. The summed E-state index contributed by atoms with van der Waals surface area (Å²) in [6.45, 7) is 5.75. The van der Waals surface area contributed by atoms with Gasteiger partial charge in [0.15, 0.2) is 0 Å². The normalized spacial score (nSPS) is 10.3. The maximum absolute atomic E-state index is 12.7. The SMILES string of the molecule is COC(=O)c1ccc(Nc2nc(C)cc(C(=O)Nc3cccc(C)c3C)n2)cc1. The Morgan fingerprint density at radius 3 is 2.38 bits per heavy atom. The van der Waals surface area contributed by atoms with Crippen LogP contribution in [0.2, 0.25) is 0 Å². The highest BCUT2D eigenvalue weighted by atomic mass is 16.5. The van der Waals surface area contributed by atoms with Gasteiger partial charge < -0.3 is 15.4 Å². The molecular formula is C22H22N4O3. The van der Waals surface area contributed by atoms with Gasteiger partial charge in [-0.1, -0.05) is 12.1 Å². The molecule has 1 heterocycles. The molecule has 0 radical (unpaired) electrons. The average Bonchev–Trinajstić information content (AvgIpc) is 2.71. The monoisotopic (exact) mass is 390 g/mol. The highest BCUT2D eigenvalue weighted by Crippen LogP contribution is 2.20. The Bertz CT molecular complexity index is 1060. The Hall–Kier alpha value is -3.74. The fourth-order valence-electron chi connectivity index (χ4n) is 2.75. The molecule has 0 unspecified atom stereocenters. The number of nitrogens with zero attached hydrogens (tertiary/aromatic N) is 2. The van der Waals surface area contributed by atoms with Crippen LogP contribution in [0.4, 0.5) is 17.3 Å². The summed E-state index contributed by atoms with van der Waals surface area (Å²) in [7, 11) is 1.33. The van der Waals surface area contributed by atoms with Crippen LogP contribution in [0.3, 0.4) is 0 Å². The zero-order valence-electron chi connectivity index (χ0n) is 16.7. The summed E-state index contributed by atoms with van der Waals surface area (Å²) in [5.74, 6) is -0.427. The average molecular weight is 390 g/mol. The summed E-state index contributed by atoms with van der Waals surface area (Å²) >= 11 is 0. The lowest BCUT2D eigenvalue weighted by Gasteiger charge is -2.11. The maximum atomic E-state index is 12.7. The summed E-state index contributed by atoms with van der Waals surface area (Å²) in [6.07, 6.45) is 0. The molecule has 0 aliphatic carbocycles. The number of aromatic nitrogens is 2. The first-order valence-corrected chi connectivity index (χ1v) is 9.06. The quantitative estimate of drug-likeness (QED) is 0.635. The second-order valence-electron chi connectivity index (χ2n) is 6.61. The fourth-order valence-corrected chi connectivity index (χ4v) is 2.75. The number of carbonyl (C=O) groups excluding carboxylic acids is 2. The first-order chi connectivity index (χ1) is 13.9. The summed E-state index contributed by atoms with van der Waals surface area (Å²) in [6, 6.07) is 14.1. The molecule has 3 rings (SSSR count). The largest absolute Gasteiger partial charge is 0.465 e. The molecule has 29 heavy (non-hydrogen) atoms. The zero-order valence-corrected chi connectivity index (χ0v) is 16.7. The van der Waals surface area contributed by atoms with E-state index < -0.39 is 5.97 Å². The van der Waals surface area contributed by atoms with Gasteiger partial charge in [-0.05, 0) is 68.3 Å². The van der Waals surface area contributed by atoms with Gasteiger partial charge in [0, 0.05) is 17.1 Å². The number of amides is 1. The van der Waals surface area contributed by atoms with E-state index in [2.05, 4.69) is 25.3 Å². The number of anilines is 3. The Kier molecular flexibility index (Phi) is 5.87. The Labute approximate surface area is 169 Å². The van der Waals surface area contributed by atoms with Gasteiger partial charge in [-0.15, -0.1) is 0 Å². The minimum absolute atomic E-state index is 0.257. The molecule has 7 heteroatoms. The second kappa shape index (κ2) is 8.52. The van der Waals surface area contributed by atoms with Crippen LogP contribution in [0.25, 0.3) is 0 Å². The minimum atomic E-state index is -0.409. The number of aryl methyl sites for hydroxylation is 2. The number of hydrogen-bond acceptors (Lipinski definition) is 6. The highest BCUT2D eigenvalue weighted by Gasteiger charge is 2.13. The Morgan fingerprint density at radius 1 is 0.966 bits per heavy atom. The molecule has 148 valence electrons. The maximum Gasteiger partial charge on any atom is 0.337 e. The number of ether oxygens (including phenoxy) is 1. The van der Waals surface area contributed by atoms with Gasteiger partial charge in [-0.2, -0.15) is 0 Å². The van der Waals surface area contributed by atoms with Crippen LogP contribution < -0.4 is 10.6 Å². The first-order valence-electron chi connectivity index (χ1n) is 9.06. The molecule has 0 saturated heterocycles. The molecule has 2 N–H and O–H groups in total. The molecule has 0 bridgehead atoms. The van der Waals surface area contributed by atoms with Crippen molar-refractivity contribution in [1.29, 1.82) is 0 Å². The van der Waals surface area contributed by atoms with E-state index >= 15 is 0 Å². The molecule has 3 aromatic rings. The van der Waals surface area contributed by atoms with Crippen LogP contribution in [0.15, 0.2) is 48.5 Å². The number of esters is 1. The van der Waals surface area contributed by atoms with Crippen molar-refractivity contribution < 1.29 is 14.3 Å². The van der Waals surface area contributed by atoms with Crippen molar-refractivity contribution in [1.82, 2.24) is 9.97 Å². The molecule has 0 spiro atoms. The van der Waals surface area contributed by atoms with E-state index in [0.717, 1.165) is 16.8 Å². The van der Waals surface area contributed by atoms with Crippen molar-refractivity contribution in [2.75, 3.05) is 17.7 Å². The smallest absolute Gasteiger partial charge is 0.337 e. The third-order valence-corrected chi connectivity index (χ3v) is 4.50. The molecule has 0 saturated carbocycles. The van der Waals surface area contributed by atoms with Crippen molar-refractivity contribution in [3.8, 4) is 0 Å². The number of rotatable bonds is 5. The first kappa shape index (κ1) is 20.0. The lowest BCUT2D eigenvalue weighted by molar-refractivity contribution is 0.0600. The molecule has 0 aliphatic rings. The Morgan fingerprint density at radius 2 is 1.69 bits per heavy atom. The van der Waals surface area contributed by atoms with Crippen molar-refractivity contribution in [3.63, 3.8) is 0 Å². The summed E-state index contributed by atoms with van der Waals surface area (Å²) in [5, 5.41) is 5.96. The molecule has 1 amide bonds. The summed E-state index contributed by atoms with van der Waals surface area (Å²) < 4.78 is 4.69. The van der Waals surface area contributed by atoms with Gasteiger partial charge >= 0.3 is 5.97 Å². The van der Waals surface area contributed by atoms with Crippen LogP contribution >= 0.6 is 0 Å². The third kappa shape index (κ3) is 4.76. The van der Waals surface area contributed by atoms with Crippen molar-refractivity contribution in [2.24, 2.45) is 0 Å². The number of methoxy groups -OCH3 is 1. The Balaban J connectivity index is 1.79. The van der Waals surface area contributed by atoms with Crippen molar-refractivity contribution >= 4 is 29.2 Å². The summed E-state index contributed by atoms with van der Waals surface area (Å²) in [4.78, 5) is 32.9. The van der Waals surface area contributed by atoms with Gasteiger partial charge in [0.05, 0.1) is 12.7 Å². The van der Waals surface area contributed by atoms with Gasteiger partial charge in [0.2, 0.25) is 5.95 Å². The van der Waals surface area contributed by atoms with Crippen molar-refractivity contribution in [3.05, 3.63) is 76.6 Å². The number of carbonyl (C=O) groups is 2. The second-order valence-corrected chi connectivity index (χ2v) is 6.61. The predicted molar refractivity (Wildman–Crippen MR) is 112 cm³/mol. The van der Waals surface area contributed by atoms with Crippen molar-refractivity contribution in [2.45, 2.75) is 20.8 Å². The van der Waals surface area contributed by atoms with E-state index in [0.29, 0.717) is 22.9 Å². The van der Waals surface area contributed by atoms with Gasteiger partial charge in [0.1, 0.15) is 5.69 Å². The minimum Gasteiger partial charge on any atom is -0.465 e. The predicted octanol–water partition coefficient (Wildman–Crippen LogP) is 4.18. The van der Waals surface area contributed by atoms with E-state index in [1.165, 1.54) is 7.11 Å². The zero-order chi connectivity index (χ0) is 21.0. The van der Waals surface area contributed by atoms with Crippen LogP contribution in [-0.4, -0.2) is 29.0 Å². The van der Waals surface area contributed by atoms with Crippen LogP contribution in [0.1, 0.15) is 37.7 Å². The standard InChI is InChI=1S/C22H22N4O3/c1-13-6-5-7-18(15(13)3)25-20(27)19-12-14(2)23-22(26-19)24-17-10-8-16(9-11-17)21(28)29-4/h5-12H,1-4H3,(H,25,27)(H,23,24,26). The molecular weight excluding hydrogens is 368 g/mol. The van der Waals surface area contributed by atoms with E-state index in [9.17, 15) is 9.59 Å². The van der Waals surface area contributed by atoms with E-state index in [1.807, 2.05) is 32.0 Å². The van der Waals surface area contributed by atoms with Crippen LogP contribution in [-0.2, 0) is 4.74 Å². The fraction of sp³-hybridized carbons (Fsp3) is 0.182. The third-order valence-electron chi connectivity index (χ3n) is 4.50. The van der Waals surface area contributed by atoms with Gasteiger partial charge in [-0.25, -0.2) is 14.8 Å². The molecule has 0 fully saturated rings. The lowest BCUT2D eigenvalue weighted by Crippen LogP contribution is -2.16. The topological polar surface area (TPSA) is 93.2 Å². The van der Waals surface area contributed by atoms with Gasteiger partial charge in [0.25, 0.3) is 5.91 Å². The number of nitrogens with one attached hydrogen (secondary N) is 2. The molecule has 2 aromatic carbocycles. The van der Waals surface area contributed by atoms with Gasteiger partial charge in [-0.3, -0.25) is 4.79 Å².